The maximum atomic E-state index is 12.7. The van der Waals surface area contributed by atoms with E-state index in [0.29, 0.717) is 23.0 Å². The van der Waals surface area contributed by atoms with E-state index >= 15 is 0 Å². The minimum Gasteiger partial charge on any atom is -0.336 e. The van der Waals surface area contributed by atoms with E-state index < -0.39 is 11.7 Å². The van der Waals surface area contributed by atoms with Gasteiger partial charge in [0.2, 0.25) is 0 Å². The molecular formula is C20H17Cl2F3N2S. The van der Waals surface area contributed by atoms with Gasteiger partial charge in [0.15, 0.2) is 0 Å². The Kier molecular flexibility index (Phi) is 6.96. The lowest BCUT2D eigenvalue weighted by atomic mass is 10.1. The van der Waals surface area contributed by atoms with Crippen LogP contribution >= 0.6 is 35.0 Å². The molecule has 2 nitrogen and oxygen atoms in total. The smallest absolute Gasteiger partial charge is 0.336 e. The molecule has 0 saturated carbocycles. The van der Waals surface area contributed by atoms with Gasteiger partial charge in [-0.05, 0) is 48.7 Å². The molecule has 3 rings (SSSR count). The summed E-state index contributed by atoms with van der Waals surface area (Å²) in [6, 6.07) is 10.6. The van der Waals surface area contributed by atoms with Gasteiger partial charge in [0, 0.05) is 34.1 Å². The maximum Gasteiger partial charge on any atom is 0.416 e. The molecule has 1 aromatic heterocycles. The second kappa shape index (κ2) is 9.25. The average molecular weight is 445 g/mol. The van der Waals surface area contributed by atoms with Crippen LogP contribution in [0.15, 0.2) is 66.1 Å². The summed E-state index contributed by atoms with van der Waals surface area (Å²) in [6.45, 7) is 0.703. The SMILES string of the molecule is FC(F)(F)c1ccc(CCC(Cn2ccnc2)Sc2cc(Cl)ccc2Cl)cc1. The van der Waals surface area contributed by atoms with Crippen LogP contribution in [-0.2, 0) is 19.1 Å². The molecule has 0 radical (unpaired) electrons. The number of imidazole rings is 1. The zero-order chi connectivity index (χ0) is 20.1. The molecule has 0 fully saturated rings. The molecule has 0 aliphatic rings. The number of hydrogen-bond acceptors (Lipinski definition) is 2. The van der Waals surface area contributed by atoms with E-state index in [-0.39, 0.29) is 5.25 Å². The van der Waals surface area contributed by atoms with Crippen LogP contribution in [0.4, 0.5) is 13.2 Å². The second-order valence-electron chi connectivity index (χ2n) is 6.31. The lowest BCUT2D eigenvalue weighted by Crippen LogP contribution is -2.13. The zero-order valence-corrected chi connectivity index (χ0v) is 17.0. The first-order valence-electron chi connectivity index (χ1n) is 8.55. The van der Waals surface area contributed by atoms with Crippen molar-refractivity contribution >= 4 is 35.0 Å². The number of aryl methyl sites for hydroxylation is 1. The van der Waals surface area contributed by atoms with Crippen LogP contribution < -0.4 is 0 Å². The molecule has 2 aromatic carbocycles. The summed E-state index contributed by atoms with van der Waals surface area (Å²) in [7, 11) is 0. The number of nitrogens with zero attached hydrogens (tertiary/aromatic N) is 2. The average Bonchev–Trinajstić information content (AvgIpc) is 3.15. The maximum absolute atomic E-state index is 12.7. The Morgan fingerprint density at radius 2 is 1.82 bits per heavy atom. The minimum atomic E-state index is -4.32. The number of hydrogen-bond donors (Lipinski definition) is 0. The first-order valence-corrected chi connectivity index (χ1v) is 10.2. The molecular weight excluding hydrogens is 428 g/mol. The molecule has 0 aliphatic carbocycles. The van der Waals surface area contributed by atoms with Gasteiger partial charge in [-0.2, -0.15) is 13.2 Å². The molecule has 1 atom stereocenters. The lowest BCUT2D eigenvalue weighted by molar-refractivity contribution is -0.137. The van der Waals surface area contributed by atoms with Crippen LogP contribution in [0.25, 0.3) is 0 Å². The van der Waals surface area contributed by atoms with E-state index in [1.54, 1.807) is 36.4 Å². The third-order valence-electron chi connectivity index (χ3n) is 4.20. The van der Waals surface area contributed by atoms with E-state index in [9.17, 15) is 13.2 Å². The van der Waals surface area contributed by atoms with Crippen LogP contribution in [0.5, 0.6) is 0 Å². The molecule has 0 N–H and O–H groups in total. The van der Waals surface area contributed by atoms with E-state index in [1.165, 1.54) is 12.1 Å². The van der Waals surface area contributed by atoms with Crippen molar-refractivity contribution in [2.45, 2.75) is 35.7 Å². The lowest BCUT2D eigenvalue weighted by Gasteiger charge is -2.18. The number of thioether (sulfide) groups is 1. The molecule has 0 bridgehead atoms. The van der Waals surface area contributed by atoms with Crippen molar-refractivity contribution in [2.24, 2.45) is 0 Å². The standard InChI is InChI=1S/C20H17Cl2F3N2S/c21-16-6-8-18(22)19(11-16)28-17(12-27-10-9-26-13-27)7-3-14-1-4-15(5-2-14)20(23,24)25/h1-2,4-6,8-11,13,17H,3,7,12H2. The number of benzene rings is 2. The topological polar surface area (TPSA) is 17.8 Å². The van der Waals surface area contributed by atoms with Crippen LogP contribution in [0, 0.1) is 0 Å². The molecule has 0 spiro atoms. The summed E-state index contributed by atoms with van der Waals surface area (Å²) in [4.78, 5) is 4.95. The van der Waals surface area contributed by atoms with Crippen LogP contribution in [-0.4, -0.2) is 14.8 Å². The largest absolute Gasteiger partial charge is 0.416 e. The normalized spacial score (nSPS) is 12.9. The highest BCUT2D eigenvalue weighted by atomic mass is 35.5. The van der Waals surface area contributed by atoms with Gasteiger partial charge >= 0.3 is 6.18 Å². The third kappa shape index (κ3) is 5.93. The fourth-order valence-corrected chi connectivity index (χ4v) is 4.46. The highest BCUT2D eigenvalue weighted by Gasteiger charge is 2.29. The summed E-state index contributed by atoms with van der Waals surface area (Å²) in [5.41, 5.74) is 0.229. The first kappa shape index (κ1) is 21.1. The third-order valence-corrected chi connectivity index (χ3v) is 6.18. The molecule has 0 saturated heterocycles. The Labute approximate surface area is 175 Å². The fourth-order valence-electron chi connectivity index (χ4n) is 2.75. The van der Waals surface area contributed by atoms with Gasteiger partial charge in [0.25, 0.3) is 0 Å². The first-order chi connectivity index (χ1) is 13.3. The quantitative estimate of drug-likeness (QED) is 0.365. The van der Waals surface area contributed by atoms with Gasteiger partial charge in [-0.15, -0.1) is 11.8 Å². The van der Waals surface area contributed by atoms with Crippen LogP contribution in [0.3, 0.4) is 0 Å². The Bertz CT molecular complexity index is 897. The van der Waals surface area contributed by atoms with Gasteiger partial charge in [0.1, 0.15) is 0 Å². The summed E-state index contributed by atoms with van der Waals surface area (Å²) in [5.74, 6) is 0. The zero-order valence-electron chi connectivity index (χ0n) is 14.7. The van der Waals surface area contributed by atoms with Crippen LogP contribution in [0.1, 0.15) is 17.5 Å². The summed E-state index contributed by atoms with van der Waals surface area (Å²) >= 11 is 14.0. The second-order valence-corrected chi connectivity index (χ2v) is 8.49. The summed E-state index contributed by atoms with van der Waals surface area (Å²) < 4.78 is 40.1. The Morgan fingerprint density at radius 1 is 1.07 bits per heavy atom. The van der Waals surface area contributed by atoms with E-state index in [4.69, 9.17) is 23.2 Å². The molecule has 0 aliphatic heterocycles. The van der Waals surface area contributed by atoms with E-state index in [0.717, 1.165) is 29.0 Å². The van der Waals surface area contributed by atoms with Crippen molar-refractivity contribution in [1.82, 2.24) is 9.55 Å². The van der Waals surface area contributed by atoms with Crippen LogP contribution in [0.2, 0.25) is 10.0 Å². The van der Waals surface area contributed by atoms with Crippen molar-refractivity contribution in [3.05, 3.63) is 82.4 Å². The molecule has 28 heavy (non-hydrogen) atoms. The Balaban J connectivity index is 1.71. The summed E-state index contributed by atoms with van der Waals surface area (Å²) in [5, 5.41) is 1.38. The van der Waals surface area contributed by atoms with Gasteiger partial charge in [-0.25, -0.2) is 4.98 Å². The molecule has 8 heteroatoms. The highest BCUT2D eigenvalue weighted by Crippen LogP contribution is 2.35. The van der Waals surface area contributed by atoms with E-state index in [2.05, 4.69) is 4.98 Å². The van der Waals surface area contributed by atoms with Gasteiger partial charge < -0.3 is 4.57 Å². The monoisotopic (exact) mass is 444 g/mol. The van der Waals surface area contributed by atoms with Crippen molar-refractivity contribution in [3.63, 3.8) is 0 Å². The van der Waals surface area contributed by atoms with Crippen molar-refractivity contribution in [1.29, 1.82) is 0 Å². The van der Waals surface area contributed by atoms with Gasteiger partial charge in [0.05, 0.1) is 16.9 Å². The highest BCUT2D eigenvalue weighted by molar-refractivity contribution is 8.00. The summed E-state index contributed by atoms with van der Waals surface area (Å²) in [6.07, 6.45) is 2.43. The van der Waals surface area contributed by atoms with Gasteiger partial charge in [-0.3, -0.25) is 0 Å². The number of alkyl halides is 3. The number of rotatable bonds is 7. The fraction of sp³-hybridized carbons (Fsp3) is 0.250. The molecule has 1 unspecified atom stereocenters. The number of aromatic nitrogens is 2. The molecule has 1 heterocycles. The Morgan fingerprint density at radius 3 is 2.46 bits per heavy atom. The van der Waals surface area contributed by atoms with Crippen molar-refractivity contribution in [2.75, 3.05) is 0 Å². The predicted octanol–water partition coefficient (Wildman–Crippen LogP) is 7.00. The van der Waals surface area contributed by atoms with Crippen molar-refractivity contribution in [3.8, 4) is 0 Å². The van der Waals surface area contributed by atoms with Crippen molar-refractivity contribution < 1.29 is 13.2 Å². The molecule has 3 aromatic rings. The Hall–Kier alpha value is -1.63. The van der Waals surface area contributed by atoms with E-state index in [1.807, 2.05) is 16.8 Å². The minimum absolute atomic E-state index is 0.146. The molecule has 0 amide bonds. The number of halogens is 5. The van der Waals surface area contributed by atoms with Gasteiger partial charge in [-0.1, -0.05) is 35.3 Å². The molecule has 148 valence electrons. The predicted molar refractivity (Wildman–Crippen MR) is 108 cm³/mol.